The van der Waals surface area contributed by atoms with E-state index >= 15 is 0 Å². The van der Waals surface area contributed by atoms with Gasteiger partial charge < -0.3 is 19.4 Å². The molecule has 0 unspecified atom stereocenters. The molecule has 3 rings (SSSR count). The van der Waals surface area contributed by atoms with Crippen LogP contribution in [-0.4, -0.2) is 50.9 Å². The zero-order valence-corrected chi connectivity index (χ0v) is 11.4. The summed E-state index contributed by atoms with van der Waals surface area (Å²) in [5.41, 5.74) is 0. The minimum Gasteiger partial charge on any atom is -0.505 e. The molecule has 0 spiro atoms. The maximum Gasteiger partial charge on any atom is 0.266 e. The summed E-state index contributed by atoms with van der Waals surface area (Å²) >= 11 is 0. The van der Waals surface area contributed by atoms with E-state index < -0.39 is 0 Å². The smallest absolute Gasteiger partial charge is 0.266 e. The van der Waals surface area contributed by atoms with Gasteiger partial charge in [-0.2, -0.15) is 4.98 Å². The molecule has 1 fully saturated rings. The second kappa shape index (κ2) is 4.95. The van der Waals surface area contributed by atoms with Crippen molar-refractivity contribution < 1.29 is 9.63 Å². The Kier molecular flexibility index (Phi) is 3.13. The van der Waals surface area contributed by atoms with Gasteiger partial charge in [-0.3, -0.25) is 0 Å². The predicted octanol–water partition coefficient (Wildman–Crippen LogP) is 0.589. The molecule has 8 nitrogen and oxygen atoms in total. The van der Waals surface area contributed by atoms with E-state index in [-0.39, 0.29) is 11.8 Å². The van der Waals surface area contributed by atoms with Crippen molar-refractivity contribution in [2.75, 3.05) is 29.4 Å². The molecule has 106 valence electrons. The average molecular weight is 276 g/mol. The lowest BCUT2D eigenvalue weighted by Crippen LogP contribution is -2.53. The molecular weight excluding hydrogens is 260 g/mol. The van der Waals surface area contributed by atoms with E-state index in [1.165, 1.54) is 12.4 Å². The van der Waals surface area contributed by atoms with Crippen molar-refractivity contribution in [3.63, 3.8) is 0 Å². The number of aromatic hydroxyl groups is 1. The van der Waals surface area contributed by atoms with Crippen molar-refractivity contribution in [2.24, 2.45) is 0 Å². The Hall–Kier alpha value is -2.38. The fourth-order valence-corrected chi connectivity index (χ4v) is 2.32. The molecule has 1 aliphatic heterocycles. The monoisotopic (exact) mass is 276 g/mol. The first-order chi connectivity index (χ1) is 9.63. The Labute approximate surface area is 116 Å². The minimum absolute atomic E-state index is 0.0716. The first-order valence-corrected chi connectivity index (χ1v) is 6.46. The molecule has 8 heteroatoms. The van der Waals surface area contributed by atoms with Crippen LogP contribution in [0.1, 0.15) is 12.8 Å². The van der Waals surface area contributed by atoms with E-state index in [1.807, 2.05) is 0 Å². The average Bonchev–Trinajstić information content (AvgIpc) is 2.87. The zero-order chi connectivity index (χ0) is 14.1. The Bertz CT molecular complexity index is 584. The summed E-state index contributed by atoms with van der Waals surface area (Å²) in [4.78, 5) is 16.7. The molecule has 2 aromatic rings. The molecule has 20 heavy (non-hydrogen) atoms. The first-order valence-electron chi connectivity index (χ1n) is 6.46. The highest BCUT2D eigenvalue weighted by molar-refractivity contribution is 5.39. The molecule has 0 saturated carbocycles. The number of anilines is 2. The SMILES string of the molecule is Cc1nc(N2CCN(c3ncc(O)cn3)[C@H](C)C2)no1. The van der Waals surface area contributed by atoms with Gasteiger partial charge >= 0.3 is 0 Å². The van der Waals surface area contributed by atoms with E-state index in [4.69, 9.17) is 4.52 Å². The van der Waals surface area contributed by atoms with E-state index in [0.29, 0.717) is 17.8 Å². The summed E-state index contributed by atoms with van der Waals surface area (Å²) in [6.07, 6.45) is 2.81. The maximum atomic E-state index is 9.24. The van der Waals surface area contributed by atoms with Crippen molar-refractivity contribution in [1.82, 2.24) is 20.1 Å². The van der Waals surface area contributed by atoms with Gasteiger partial charge in [0.2, 0.25) is 11.8 Å². The van der Waals surface area contributed by atoms with Crippen molar-refractivity contribution >= 4 is 11.9 Å². The largest absolute Gasteiger partial charge is 0.505 e. The molecule has 1 saturated heterocycles. The van der Waals surface area contributed by atoms with E-state index in [1.54, 1.807) is 6.92 Å². The first kappa shape index (κ1) is 12.6. The lowest BCUT2D eigenvalue weighted by Gasteiger charge is -2.39. The van der Waals surface area contributed by atoms with Crippen LogP contribution in [0.15, 0.2) is 16.9 Å². The van der Waals surface area contributed by atoms with Crippen LogP contribution >= 0.6 is 0 Å². The van der Waals surface area contributed by atoms with Gasteiger partial charge in [-0.05, 0) is 12.1 Å². The van der Waals surface area contributed by atoms with Crippen molar-refractivity contribution in [3.8, 4) is 5.75 Å². The van der Waals surface area contributed by atoms with Crippen LogP contribution in [0.25, 0.3) is 0 Å². The Morgan fingerprint density at radius 1 is 1.25 bits per heavy atom. The van der Waals surface area contributed by atoms with Gasteiger partial charge in [0.15, 0.2) is 5.75 Å². The van der Waals surface area contributed by atoms with Crippen molar-refractivity contribution in [2.45, 2.75) is 19.9 Å². The fourth-order valence-electron chi connectivity index (χ4n) is 2.32. The predicted molar refractivity (Wildman–Crippen MR) is 71.8 cm³/mol. The summed E-state index contributed by atoms with van der Waals surface area (Å²) in [5, 5.41) is 13.2. The molecule has 0 bridgehead atoms. The van der Waals surface area contributed by atoms with Gasteiger partial charge in [-0.25, -0.2) is 9.97 Å². The van der Waals surface area contributed by atoms with E-state index in [2.05, 4.69) is 36.8 Å². The van der Waals surface area contributed by atoms with Gasteiger partial charge in [0.25, 0.3) is 5.95 Å². The quantitative estimate of drug-likeness (QED) is 0.852. The van der Waals surface area contributed by atoms with Crippen LogP contribution in [-0.2, 0) is 0 Å². The Morgan fingerprint density at radius 3 is 2.60 bits per heavy atom. The maximum absolute atomic E-state index is 9.24. The lowest BCUT2D eigenvalue weighted by molar-refractivity contribution is 0.390. The topological polar surface area (TPSA) is 91.4 Å². The highest BCUT2D eigenvalue weighted by Crippen LogP contribution is 2.20. The highest BCUT2D eigenvalue weighted by atomic mass is 16.5. The third-order valence-corrected chi connectivity index (χ3v) is 3.31. The van der Waals surface area contributed by atoms with E-state index in [0.717, 1.165) is 19.6 Å². The highest BCUT2D eigenvalue weighted by Gasteiger charge is 2.27. The molecule has 1 atom stereocenters. The standard InChI is InChI=1S/C12H16N6O2/c1-8-7-17(12-15-9(2)20-16-12)3-4-18(8)11-13-5-10(19)6-14-11/h5-6,8,19H,3-4,7H2,1-2H3/t8-/m1/s1. The van der Waals surface area contributed by atoms with Crippen LogP contribution in [0.3, 0.4) is 0 Å². The molecule has 0 amide bonds. The number of rotatable bonds is 2. The molecule has 1 N–H and O–H groups in total. The molecule has 0 radical (unpaired) electrons. The minimum atomic E-state index is 0.0716. The number of aromatic nitrogens is 4. The molecule has 0 aliphatic carbocycles. The Morgan fingerprint density at radius 2 is 2.00 bits per heavy atom. The number of piperazine rings is 1. The van der Waals surface area contributed by atoms with Gasteiger partial charge in [0.05, 0.1) is 12.4 Å². The van der Waals surface area contributed by atoms with Crippen LogP contribution in [0, 0.1) is 6.92 Å². The second-order valence-electron chi connectivity index (χ2n) is 4.84. The Balaban J connectivity index is 1.72. The molecule has 2 aromatic heterocycles. The van der Waals surface area contributed by atoms with Crippen molar-refractivity contribution in [3.05, 3.63) is 18.3 Å². The molecule has 0 aromatic carbocycles. The lowest BCUT2D eigenvalue weighted by atomic mass is 10.2. The number of hydrogen-bond donors (Lipinski definition) is 1. The molecule has 1 aliphatic rings. The third-order valence-electron chi connectivity index (χ3n) is 3.31. The third kappa shape index (κ3) is 2.36. The van der Waals surface area contributed by atoms with E-state index in [9.17, 15) is 5.11 Å². The normalized spacial score (nSPS) is 19.4. The zero-order valence-electron chi connectivity index (χ0n) is 11.4. The van der Waals surface area contributed by atoms with Crippen LogP contribution in [0.2, 0.25) is 0 Å². The van der Waals surface area contributed by atoms with Crippen LogP contribution in [0.5, 0.6) is 5.75 Å². The van der Waals surface area contributed by atoms with Crippen LogP contribution < -0.4 is 9.80 Å². The summed E-state index contributed by atoms with van der Waals surface area (Å²) in [5.74, 6) is 1.89. The van der Waals surface area contributed by atoms with Crippen LogP contribution in [0.4, 0.5) is 11.9 Å². The van der Waals surface area contributed by atoms with Gasteiger partial charge in [0, 0.05) is 32.6 Å². The second-order valence-corrected chi connectivity index (χ2v) is 4.84. The number of hydrogen-bond acceptors (Lipinski definition) is 8. The number of nitrogens with zero attached hydrogens (tertiary/aromatic N) is 6. The van der Waals surface area contributed by atoms with Gasteiger partial charge in [-0.15, -0.1) is 0 Å². The number of aryl methyl sites for hydroxylation is 1. The van der Waals surface area contributed by atoms with Crippen molar-refractivity contribution in [1.29, 1.82) is 0 Å². The summed E-state index contributed by atoms with van der Waals surface area (Å²) in [6.45, 7) is 6.17. The fraction of sp³-hybridized carbons (Fsp3) is 0.500. The van der Waals surface area contributed by atoms with Gasteiger partial charge in [0.1, 0.15) is 0 Å². The molecular formula is C12H16N6O2. The summed E-state index contributed by atoms with van der Waals surface area (Å²) in [6, 6.07) is 0.215. The summed E-state index contributed by atoms with van der Waals surface area (Å²) < 4.78 is 5.01. The summed E-state index contributed by atoms with van der Waals surface area (Å²) in [7, 11) is 0. The molecule has 3 heterocycles. The van der Waals surface area contributed by atoms with Gasteiger partial charge in [-0.1, -0.05) is 0 Å².